The summed E-state index contributed by atoms with van der Waals surface area (Å²) in [6, 6.07) is 5.65. The lowest BCUT2D eigenvalue weighted by Crippen LogP contribution is -2.07. The van der Waals surface area contributed by atoms with Crippen molar-refractivity contribution >= 4 is 11.6 Å². The fourth-order valence-corrected chi connectivity index (χ4v) is 1.31. The number of halogens is 1. The lowest BCUT2D eigenvalue weighted by Gasteiger charge is -2.10. The first-order chi connectivity index (χ1) is 5.66. The van der Waals surface area contributed by atoms with E-state index in [0.717, 1.165) is 16.1 Å². The molecule has 0 aromatic heterocycles. The molecule has 1 aromatic rings. The third-order valence-electron chi connectivity index (χ3n) is 1.83. The molecule has 0 heterocycles. The summed E-state index contributed by atoms with van der Waals surface area (Å²) in [6.07, 6.45) is 1.68. The van der Waals surface area contributed by atoms with E-state index in [1.807, 2.05) is 25.1 Å². The van der Waals surface area contributed by atoms with Crippen molar-refractivity contribution in [3.05, 3.63) is 47.0 Å². The molecule has 2 heteroatoms. The van der Waals surface area contributed by atoms with E-state index in [-0.39, 0.29) is 6.04 Å². The van der Waals surface area contributed by atoms with E-state index in [1.54, 1.807) is 6.08 Å². The molecule has 1 aromatic carbocycles. The molecule has 0 radical (unpaired) electrons. The molecule has 0 spiro atoms. The molecule has 0 saturated heterocycles. The zero-order valence-corrected chi connectivity index (χ0v) is 7.81. The Bertz CT molecular complexity index is 294. The summed E-state index contributed by atoms with van der Waals surface area (Å²) in [6.45, 7) is 5.58. The molecule has 12 heavy (non-hydrogen) atoms. The Morgan fingerprint density at radius 1 is 1.58 bits per heavy atom. The number of nitrogens with two attached hydrogens (primary N) is 1. The molecule has 1 atom stereocenters. The Balaban J connectivity index is 3.15. The minimum Gasteiger partial charge on any atom is -0.321 e. The van der Waals surface area contributed by atoms with Gasteiger partial charge in [0.25, 0.3) is 0 Å². The average molecular weight is 182 g/mol. The fraction of sp³-hybridized carbons (Fsp3) is 0.200. The van der Waals surface area contributed by atoms with Crippen molar-refractivity contribution in [1.82, 2.24) is 0 Å². The largest absolute Gasteiger partial charge is 0.321 e. The van der Waals surface area contributed by atoms with E-state index in [0.29, 0.717) is 0 Å². The van der Waals surface area contributed by atoms with Gasteiger partial charge in [0.15, 0.2) is 0 Å². The van der Waals surface area contributed by atoms with Crippen molar-refractivity contribution in [3.8, 4) is 0 Å². The van der Waals surface area contributed by atoms with Crippen LogP contribution in [0.1, 0.15) is 17.2 Å². The minimum absolute atomic E-state index is 0.169. The van der Waals surface area contributed by atoms with E-state index < -0.39 is 0 Å². The Hall–Kier alpha value is -0.790. The summed E-state index contributed by atoms with van der Waals surface area (Å²) in [5.41, 5.74) is 7.75. The predicted octanol–water partition coefficient (Wildman–Crippen LogP) is 2.83. The maximum Gasteiger partial charge on any atom is 0.0493 e. The lowest BCUT2D eigenvalue weighted by molar-refractivity contribution is 0.912. The van der Waals surface area contributed by atoms with Gasteiger partial charge in [-0.25, -0.2) is 0 Å². The van der Waals surface area contributed by atoms with Gasteiger partial charge in [0.1, 0.15) is 0 Å². The average Bonchev–Trinajstić information content (AvgIpc) is 2.08. The second kappa shape index (κ2) is 3.74. The summed E-state index contributed by atoms with van der Waals surface area (Å²) in [4.78, 5) is 0. The van der Waals surface area contributed by atoms with Crippen molar-refractivity contribution < 1.29 is 0 Å². The van der Waals surface area contributed by atoms with Crippen LogP contribution in [0, 0.1) is 6.92 Å². The Morgan fingerprint density at radius 2 is 2.25 bits per heavy atom. The number of benzene rings is 1. The highest BCUT2D eigenvalue weighted by molar-refractivity contribution is 6.32. The molecule has 64 valence electrons. The van der Waals surface area contributed by atoms with Crippen molar-refractivity contribution in [2.24, 2.45) is 5.73 Å². The molecule has 0 aliphatic heterocycles. The van der Waals surface area contributed by atoms with E-state index >= 15 is 0 Å². The third kappa shape index (κ3) is 1.68. The van der Waals surface area contributed by atoms with Crippen LogP contribution in [-0.2, 0) is 0 Å². The molecule has 0 aliphatic rings. The first kappa shape index (κ1) is 9.30. The summed E-state index contributed by atoms with van der Waals surface area (Å²) in [5, 5.41) is 0.741. The maximum atomic E-state index is 6.04. The zero-order chi connectivity index (χ0) is 9.14. The predicted molar refractivity (Wildman–Crippen MR) is 53.3 cm³/mol. The lowest BCUT2D eigenvalue weighted by atomic mass is 10.1. The van der Waals surface area contributed by atoms with Crippen molar-refractivity contribution in [2.45, 2.75) is 13.0 Å². The van der Waals surface area contributed by atoms with Crippen LogP contribution in [0.4, 0.5) is 0 Å². The SMILES string of the molecule is C=C[C@@H](N)c1cccc(C)c1Cl. The third-order valence-corrected chi connectivity index (χ3v) is 2.35. The summed E-state index contributed by atoms with van der Waals surface area (Å²) in [7, 11) is 0. The normalized spacial score (nSPS) is 12.6. The topological polar surface area (TPSA) is 26.0 Å². The van der Waals surface area contributed by atoms with Gasteiger partial charge in [0.2, 0.25) is 0 Å². The van der Waals surface area contributed by atoms with E-state index in [1.165, 1.54) is 0 Å². The molecular formula is C10H12ClN. The van der Waals surface area contributed by atoms with E-state index in [2.05, 4.69) is 6.58 Å². The molecule has 0 fully saturated rings. The molecule has 0 bridgehead atoms. The Kier molecular flexibility index (Phi) is 2.90. The van der Waals surface area contributed by atoms with Gasteiger partial charge in [-0.3, -0.25) is 0 Å². The summed E-state index contributed by atoms with van der Waals surface area (Å²) in [5.74, 6) is 0. The Labute approximate surface area is 77.8 Å². The molecule has 0 aliphatic carbocycles. The molecule has 0 saturated carbocycles. The first-order valence-corrected chi connectivity index (χ1v) is 4.17. The van der Waals surface area contributed by atoms with Gasteiger partial charge in [0.05, 0.1) is 0 Å². The first-order valence-electron chi connectivity index (χ1n) is 3.80. The van der Waals surface area contributed by atoms with Crippen molar-refractivity contribution in [3.63, 3.8) is 0 Å². The number of hydrogen-bond acceptors (Lipinski definition) is 1. The second-order valence-electron chi connectivity index (χ2n) is 2.74. The van der Waals surface area contributed by atoms with Crippen LogP contribution in [0.3, 0.4) is 0 Å². The van der Waals surface area contributed by atoms with Crippen LogP contribution in [0.25, 0.3) is 0 Å². The van der Waals surface area contributed by atoms with Crippen molar-refractivity contribution in [2.75, 3.05) is 0 Å². The number of hydrogen-bond donors (Lipinski definition) is 1. The zero-order valence-electron chi connectivity index (χ0n) is 7.05. The van der Waals surface area contributed by atoms with Gasteiger partial charge in [0, 0.05) is 11.1 Å². The van der Waals surface area contributed by atoms with Crippen LogP contribution >= 0.6 is 11.6 Å². The van der Waals surface area contributed by atoms with Gasteiger partial charge in [-0.05, 0) is 18.1 Å². The summed E-state index contributed by atoms with van der Waals surface area (Å²) >= 11 is 6.04. The molecule has 0 unspecified atom stereocenters. The molecular weight excluding hydrogens is 170 g/mol. The van der Waals surface area contributed by atoms with Gasteiger partial charge >= 0.3 is 0 Å². The minimum atomic E-state index is -0.169. The maximum absolute atomic E-state index is 6.04. The van der Waals surface area contributed by atoms with Gasteiger partial charge in [-0.1, -0.05) is 35.9 Å². The smallest absolute Gasteiger partial charge is 0.0493 e. The van der Waals surface area contributed by atoms with Crippen molar-refractivity contribution in [1.29, 1.82) is 0 Å². The van der Waals surface area contributed by atoms with E-state index in [4.69, 9.17) is 17.3 Å². The molecule has 2 N–H and O–H groups in total. The monoisotopic (exact) mass is 181 g/mol. The van der Waals surface area contributed by atoms with Crippen LogP contribution < -0.4 is 5.73 Å². The van der Waals surface area contributed by atoms with Crippen LogP contribution in [0.2, 0.25) is 5.02 Å². The second-order valence-corrected chi connectivity index (χ2v) is 3.12. The van der Waals surface area contributed by atoms with E-state index in [9.17, 15) is 0 Å². The molecule has 0 amide bonds. The standard InChI is InChI=1S/C10H12ClN/c1-3-9(12)8-6-4-5-7(2)10(8)11/h3-6,9H,1,12H2,2H3/t9-/m1/s1. The summed E-state index contributed by atoms with van der Waals surface area (Å²) < 4.78 is 0. The quantitative estimate of drug-likeness (QED) is 0.698. The Morgan fingerprint density at radius 3 is 2.83 bits per heavy atom. The fourth-order valence-electron chi connectivity index (χ4n) is 1.05. The number of aryl methyl sites for hydroxylation is 1. The molecule has 1 rings (SSSR count). The highest BCUT2D eigenvalue weighted by Crippen LogP contribution is 2.24. The van der Waals surface area contributed by atoms with Crippen LogP contribution in [-0.4, -0.2) is 0 Å². The molecule has 1 nitrogen and oxygen atoms in total. The van der Waals surface area contributed by atoms with Crippen LogP contribution in [0.15, 0.2) is 30.9 Å². The highest BCUT2D eigenvalue weighted by atomic mass is 35.5. The van der Waals surface area contributed by atoms with Gasteiger partial charge < -0.3 is 5.73 Å². The highest BCUT2D eigenvalue weighted by Gasteiger charge is 2.06. The van der Waals surface area contributed by atoms with Gasteiger partial charge in [-0.15, -0.1) is 6.58 Å². The number of rotatable bonds is 2. The van der Waals surface area contributed by atoms with Gasteiger partial charge in [-0.2, -0.15) is 0 Å². The van der Waals surface area contributed by atoms with Crippen LogP contribution in [0.5, 0.6) is 0 Å².